The number of carbonyl (C=O) groups is 2. The normalized spacial score (nSPS) is 20.9. The zero-order valence-corrected chi connectivity index (χ0v) is 28.3. The van der Waals surface area contributed by atoms with Crippen molar-refractivity contribution in [2.75, 3.05) is 13.5 Å². The van der Waals surface area contributed by atoms with Gasteiger partial charge in [-0.05, 0) is 118 Å². The van der Waals surface area contributed by atoms with E-state index in [2.05, 4.69) is 0 Å². The number of rotatable bonds is 7. The molecule has 0 radical (unpaired) electrons. The van der Waals surface area contributed by atoms with Crippen molar-refractivity contribution in [3.05, 3.63) is 76.3 Å². The number of amides is 2. The molecule has 2 heterocycles. The average molecular weight is 722 g/mol. The van der Waals surface area contributed by atoms with E-state index < -0.39 is 52.3 Å². The summed E-state index contributed by atoms with van der Waals surface area (Å²) in [7, 11) is -10.0. The second-order valence-corrected chi connectivity index (χ2v) is 17.2. The molecule has 7 rings (SSSR count). The molecule has 2 atom stereocenters. The topological polar surface area (TPSA) is 112 Å². The molecule has 9 nitrogen and oxygen atoms in total. The molecule has 2 aliphatic carbocycles. The third-order valence-electron chi connectivity index (χ3n) is 9.36. The molecule has 3 aromatic rings. The Hall–Kier alpha value is -3.62. The fraction of sp³-hybridized carbons (Fsp3) is 0.394. The highest BCUT2D eigenvalue weighted by Gasteiger charge is 2.44. The number of benzene rings is 3. The minimum absolute atomic E-state index is 0.0521. The van der Waals surface area contributed by atoms with E-state index in [1.165, 1.54) is 36.4 Å². The lowest BCUT2D eigenvalue weighted by atomic mass is 10.1. The zero-order chi connectivity index (χ0) is 34.5. The van der Waals surface area contributed by atoms with Crippen LogP contribution in [0.25, 0.3) is 0 Å². The average Bonchev–Trinajstić information content (AvgIpc) is 3.93. The fourth-order valence-electron chi connectivity index (χ4n) is 6.71. The van der Waals surface area contributed by atoms with Gasteiger partial charge in [0.2, 0.25) is 11.8 Å². The van der Waals surface area contributed by atoms with E-state index in [4.69, 9.17) is 11.6 Å². The molecular formula is C33H31ClF3N3O6S2. The van der Waals surface area contributed by atoms with Crippen LogP contribution in [0.3, 0.4) is 0 Å². The van der Waals surface area contributed by atoms with Gasteiger partial charge in [-0.1, -0.05) is 11.6 Å². The lowest BCUT2D eigenvalue weighted by Crippen LogP contribution is -2.37. The highest BCUT2D eigenvalue weighted by molar-refractivity contribution is 8.10. The summed E-state index contributed by atoms with van der Waals surface area (Å²) in [5, 5.41) is -0.885. The highest BCUT2D eigenvalue weighted by atomic mass is 35.5. The van der Waals surface area contributed by atoms with Gasteiger partial charge >= 0.3 is 6.18 Å². The third kappa shape index (κ3) is 5.45. The summed E-state index contributed by atoms with van der Waals surface area (Å²) in [4.78, 5) is 28.4. The Balaban J connectivity index is 1.33. The van der Waals surface area contributed by atoms with Crippen molar-refractivity contribution < 1.29 is 39.6 Å². The lowest BCUT2D eigenvalue weighted by Gasteiger charge is -2.26. The summed E-state index contributed by atoms with van der Waals surface area (Å²) in [6.45, 7) is 3.67. The number of sulfonamides is 2. The molecule has 0 saturated heterocycles. The maximum Gasteiger partial charge on any atom is 0.417 e. The van der Waals surface area contributed by atoms with Gasteiger partial charge in [-0.3, -0.25) is 9.59 Å². The second-order valence-electron chi connectivity index (χ2n) is 13.0. The Morgan fingerprint density at radius 2 is 1.17 bits per heavy atom. The molecule has 48 heavy (non-hydrogen) atoms. The first-order valence-electron chi connectivity index (χ1n) is 15.6. The molecular weight excluding hydrogens is 691 g/mol. The number of hydrogen-bond acceptors (Lipinski definition) is 6. The summed E-state index contributed by atoms with van der Waals surface area (Å²) in [5.41, 5.74) is 0.222. The molecule has 2 aliphatic heterocycles. The Morgan fingerprint density at radius 3 is 1.54 bits per heavy atom. The van der Waals surface area contributed by atoms with Crippen LogP contribution in [-0.2, 0) is 48.7 Å². The van der Waals surface area contributed by atoms with Crippen molar-refractivity contribution in [3.63, 3.8) is 0 Å². The Kier molecular flexibility index (Phi) is 7.68. The smallest absolute Gasteiger partial charge is 0.309 e. The first-order chi connectivity index (χ1) is 22.5. The van der Waals surface area contributed by atoms with Crippen LogP contribution in [0, 0.1) is 11.8 Å². The number of halogens is 4. The van der Waals surface area contributed by atoms with Crippen LogP contribution in [0.1, 0.15) is 56.2 Å². The van der Waals surface area contributed by atoms with E-state index in [9.17, 15) is 39.6 Å². The number of nitrogens with zero attached hydrogens (tertiary/aromatic N) is 3. The minimum atomic E-state index is -5.02. The number of hydrogen-bond donors (Lipinski definition) is 0. The van der Waals surface area contributed by atoms with Crippen molar-refractivity contribution in [2.24, 2.45) is 11.8 Å². The molecule has 0 unspecified atom stereocenters. The summed E-state index contributed by atoms with van der Waals surface area (Å²) in [5.74, 6) is -0.269. The van der Waals surface area contributed by atoms with E-state index in [1.807, 2.05) is 13.8 Å². The van der Waals surface area contributed by atoms with Crippen molar-refractivity contribution >= 4 is 60.5 Å². The minimum Gasteiger partial charge on any atom is -0.309 e. The molecule has 254 valence electrons. The maximum atomic E-state index is 14.4. The Bertz CT molecular complexity index is 1980. The van der Waals surface area contributed by atoms with Crippen LogP contribution in [-0.4, -0.2) is 40.7 Å². The van der Waals surface area contributed by atoms with Gasteiger partial charge in [-0.15, -0.1) is 0 Å². The molecule has 3 aromatic carbocycles. The van der Waals surface area contributed by atoms with Gasteiger partial charge in [0, 0.05) is 35.3 Å². The van der Waals surface area contributed by atoms with Gasteiger partial charge in [-0.2, -0.15) is 16.9 Å². The fourth-order valence-corrected chi connectivity index (χ4v) is 10.8. The van der Waals surface area contributed by atoms with Crippen LogP contribution in [0.15, 0.2) is 64.4 Å². The van der Waals surface area contributed by atoms with E-state index in [0.29, 0.717) is 47.5 Å². The largest absolute Gasteiger partial charge is 0.417 e. The summed E-state index contributed by atoms with van der Waals surface area (Å²) in [6, 6.07) is 9.36. The quantitative estimate of drug-likeness (QED) is 0.283. The van der Waals surface area contributed by atoms with Gasteiger partial charge in [0.25, 0.3) is 20.0 Å². The molecule has 0 aromatic heterocycles. The van der Waals surface area contributed by atoms with E-state index >= 15 is 0 Å². The summed E-state index contributed by atoms with van der Waals surface area (Å²) in [6.07, 6.45) is -1.10. The van der Waals surface area contributed by atoms with Crippen molar-refractivity contribution in [1.82, 2.24) is 0 Å². The highest BCUT2D eigenvalue weighted by Crippen LogP contribution is 2.44. The molecule has 0 N–H and O–H groups in total. The van der Waals surface area contributed by atoms with E-state index in [-0.39, 0.29) is 39.4 Å². The predicted octanol–water partition coefficient (Wildman–Crippen LogP) is 6.32. The SMILES string of the molecule is C[C@@H]1Cc2cc(S(=O)(=O)N(c3ccc(C(F)(F)F)c(Cl)c3)S(=O)(=O)c3ccc4c(c3)C[C@H](C)N4C(=O)C3CC3)ccc2N1C(=O)C1CC1. The first kappa shape index (κ1) is 32.9. The van der Waals surface area contributed by atoms with Crippen molar-refractivity contribution in [2.45, 2.75) is 80.4 Å². The number of carbonyl (C=O) groups excluding carboxylic acids is 2. The second kappa shape index (κ2) is 11.2. The molecule has 0 bridgehead atoms. The first-order valence-corrected chi connectivity index (χ1v) is 18.8. The van der Waals surface area contributed by atoms with Crippen LogP contribution in [0.2, 0.25) is 5.02 Å². The molecule has 2 amide bonds. The predicted molar refractivity (Wildman–Crippen MR) is 173 cm³/mol. The van der Waals surface area contributed by atoms with Gasteiger partial charge < -0.3 is 9.80 Å². The van der Waals surface area contributed by atoms with Crippen LogP contribution >= 0.6 is 11.6 Å². The van der Waals surface area contributed by atoms with Crippen LogP contribution in [0.5, 0.6) is 0 Å². The Morgan fingerprint density at radius 1 is 0.729 bits per heavy atom. The molecule has 2 saturated carbocycles. The maximum absolute atomic E-state index is 14.4. The van der Waals surface area contributed by atoms with Crippen LogP contribution < -0.4 is 13.5 Å². The number of alkyl halides is 3. The number of anilines is 3. The molecule has 0 spiro atoms. The van der Waals surface area contributed by atoms with E-state index in [0.717, 1.165) is 31.7 Å². The van der Waals surface area contributed by atoms with Gasteiger partial charge in [-0.25, -0.2) is 16.8 Å². The molecule has 4 aliphatic rings. The standard InChI is InChI=1S/C33H31ClF3N3O6S2/c1-18-13-22-15-25(8-11-29(22)38(18)31(41)20-3-4-20)47(43,44)40(24-7-10-27(28(34)17-24)33(35,36)37)48(45,46)26-9-12-30-23(16-26)14-19(2)39(30)32(42)21-5-6-21/h7-12,15-21H,3-6,13-14H2,1-2H3/t18-,19+. The van der Waals surface area contributed by atoms with Crippen molar-refractivity contribution in [1.29, 1.82) is 0 Å². The van der Waals surface area contributed by atoms with Gasteiger partial charge in [0.15, 0.2) is 0 Å². The monoisotopic (exact) mass is 721 g/mol. The number of fused-ring (bicyclic) bond motifs is 2. The van der Waals surface area contributed by atoms with E-state index in [1.54, 1.807) is 9.80 Å². The zero-order valence-electron chi connectivity index (χ0n) is 25.9. The lowest BCUT2D eigenvalue weighted by molar-refractivity contribution is -0.137. The summed E-state index contributed by atoms with van der Waals surface area (Å²) >= 11 is 5.98. The molecule has 15 heteroatoms. The van der Waals surface area contributed by atoms with Gasteiger partial charge in [0.1, 0.15) is 0 Å². The molecule has 2 fully saturated rings. The summed E-state index contributed by atoms with van der Waals surface area (Å²) < 4.78 is 98.5. The Labute approximate surface area is 281 Å². The van der Waals surface area contributed by atoms with Crippen molar-refractivity contribution in [3.8, 4) is 0 Å². The van der Waals surface area contributed by atoms with Crippen LogP contribution in [0.4, 0.5) is 30.2 Å². The third-order valence-corrected chi connectivity index (χ3v) is 13.8. The van der Waals surface area contributed by atoms with Gasteiger partial charge in [0.05, 0.1) is 26.1 Å².